The topological polar surface area (TPSA) is 139 Å². The summed E-state index contributed by atoms with van der Waals surface area (Å²) < 4.78 is 1.42. The quantitative estimate of drug-likeness (QED) is 0.346. The highest BCUT2D eigenvalue weighted by Crippen LogP contribution is 2.20. The number of amides is 1. The van der Waals surface area contributed by atoms with E-state index in [0.29, 0.717) is 28.8 Å². The fourth-order valence-electron chi connectivity index (χ4n) is 2.98. The van der Waals surface area contributed by atoms with Crippen LogP contribution in [0.3, 0.4) is 0 Å². The van der Waals surface area contributed by atoms with Gasteiger partial charge in [-0.1, -0.05) is 36.4 Å². The van der Waals surface area contributed by atoms with Crippen LogP contribution in [-0.4, -0.2) is 42.8 Å². The Hall–Kier alpha value is -3.76. The fraction of sp³-hybridized carbons (Fsp3) is 0.0526. The molecule has 4 rings (SSSR count). The summed E-state index contributed by atoms with van der Waals surface area (Å²) in [5, 5.41) is 27.2. The zero-order valence-corrected chi connectivity index (χ0v) is 15.2. The van der Waals surface area contributed by atoms with Crippen molar-refractivity contribution in [2.24, 2.45) is 5.73 Å². The minimum atomic E-state index is -1.78. The first-order valence-corrected chi connectivity index (χ1v) is 8.83. The molecule has 9 nitrogen and oxygen atoms in total. The Labute approximate surface area is 166 Å². The van der Waals surface area contributed by atoms with Gasteiger partial charge in [-0.2, -0.15) is 14.8 Å². The van der Waals surface area contributed by atoms with Crippen LogP contribution in [0.2, 0.25) is 0 Å². The first-order chi connectivity index (χ1) is 14.0. The summed E-state index contributed by atoms with van der Waals surface area (Å²) in [6.45, 7) is 0.490. The Morgan fingerprint density at radius 3 is 2.62 bits per heavy atom. The van der Waals surface area contributed by atoms with Crippen LogP contribution in [0.4, 0.5) is 5.82 Å². The predicted octanol–water partition coefficient (Wildman–Crippen LogP) is 0.206. The lowest BCUT2D eigenvalue weighted by Crippen LogP contribution is -2.34. The summed E-state index contributed by atoms with van der Waals surface area (Å²) in [4.78, 5) is 20.3. The maximum atomic E-state index is 11.7. The highest BCUT2D eigenvalue weighted by Gasteiger charge is 2.19. The second kappa shape index (κ2) is 7.70. The molecular weight excluding hydrogens is 371 g/mol. The Balaban J connectivity index is 1.75. The van der Waals surface area contributed by atoms with E-state index in [4.69, 9.17) is 5.73 Å². The molecule has 0 spiro atoms. The molecule has 144 valence electrons. The Kier molecular flexibility index (Phi) is 4.94. The maximum absolute atomic E-state index is 11.7. The summed E-state index contributed by atoms with van der Waals surface area (Å²) >= 11 is 0. The van der Waals surface area contributed by atoms with E-state index in [1.807, 2.05) is 30.3 Å². The lowest BCUT2D eigenvalue weighted by molar-refractivity contribution is 0.100. The summed E-state index contributed by atoms with van der Waals surface area (Å²) in [5.41, 5.74) is 7.38. The van der Waals surface area contributed by atoms with Gasteiger partial charge in [0, 0.05) is 11.9 Å². The highest BCUT2D eigenvalue weighted by atomic mass is 16.4. The summed E-state index contributed by atoms with van der Waals surface area (Å²) in [5.74, 6) is -0.0414. The molecule has 4 aromatic rings. The minimum Gasteiger partial charge on any atom is -0.422 e. The lowest BCUT2D eigenvalue weighted by Gasteiger charge is -2.10. The Bertz CT molecular complexity index is 1180. The van der Waals surface area contributed by atoms with Gasteiger partial charge in [-0.25, -0.2) is 4.98 Å². The highest BCUT2D eigenvalue weighted by molar-refractivity contribution is 6.57. The third-order valence-electron chi connectivity index (χ3n) is 4.38. The third-order valence-corrected chi connectivity index (χ3v) is 4.38. The number of fused-ring (bicyclic) bond motifs is 1. The predicted molar refractivity (Wildman–Crippen MR) is 109 cm³/mol. The maximum Gasteiger partial charge on any atom is 0.508 e. The van der Waals surface area contributed by atoms with Crippen LogP contribution in [0.1, 0.15) is 15.9 Å². The van der Waals surface area contributed by atoms with E-state index in [1.54, 1.807) is 18.2 Å². The Morgan fingerprint density at radius 2 is 1.90 bits per heavy atom. The summed E-state index contributed by atoms with van der Waals surface area (Å²) in [6, 6.07) is 16.2. The zero-order valence-electron chi connectivity index (χ0n) is 15.2. The smallest absolute Gasteiger partial charge is 0.422 e. The molecule has 0 fully saturated rings. The van der Waals surface area contributed by atoms with Crippen molar-refractivity contribution in [2.45, 2.75) is 6.54 Å². The number of carbonyl (C=O) groups is 1. The molecule has 0 radical (unpaired) electrons. The van der Waals surface area contributed by atoms with Crippen LogP contribution in [0, 0.1) is 0 Å². The van der Waals surface area contributed by atoms with Crippen LogP contribution >= 0.6 is 0 Å². The van der Waals surface area contributed by atoms with Gasteiger partial charge in [0.15, 0.2) is 0 Å². The van der Waals surface area contributed by atoms with Gasteiger partial charge in [-0.05, 0) is 23.8 Å². The van der Waals surface area contributed by atoms with E-state index in [2.05, 4.69) is 20.4 Å². The van der Waals surface area contributed by atoms with Crippen molar-refractivity contribution in [1.29, 1.82) is 0 Å². The van der Waals surface area contributed by atoms with Crippen molar-refractivity contribution in [3.05, 3.63) is 71.9 Å². The molecule has 5 N–H and O–H groups in total. The molecule has 2 aromatic heterocycles. The second-order valence-electron chi connectivity index (χ2n) is 6.35. The number of hydrogen-bond acceptors (Lipinski definition) is 7. The number of rotatable bonds is 6. The minimum absolute atomic E-state index is 0.0141. The average molecular weight is 388 g/mol. The fourth-order valence-corrected chi connectivity index (χ4v) is 2.98. The lowest BCUT2D eigenvalue weighted by atomic mass is 9.86. The number of nitrogens with zero attached hydrogens (tertiary/aromatic N) is 4. The van der Waals surface area contributed by atoms with E-state index >= 15 is 0 Å². The number of anilines is 1. The van der Waals surface area contributed by atoms with Crippen LogP contribution < -0.4 is 16.6 Å². The summed E-state index contributed by atoms with van der Waals surface area (Å²) in [6.07, 6.45) is 1.50. The molecule has 2 aromatic carbocycles. The number of hydrogen-bond donors (Lipinski definition) is 4. The van der Waals surface area contributed by atoms with Crippen LogP contribution in [0.5, 0.6) is 0 Å². The molecule has 0 aliphatic carbocycles. The van der Waals surface area contributed by atoms with Crippen LogP contribution in [-0.2, 0) is 6.54 Å². The monoisotopic (exact) mass is 388 g/mol. The van der Waals surface area contributed by atoms with Gasteiger partial charge in [-0.15, -0.1) is 0 Å². The molecular formula is C19H17BN6O3. The van der Waals surface area contributed by atoms with E-state index in [-0.39, 0.29) is 11.5 Å². The SMILES string of the molecule is NC(=O)c1cccc2c1cnn2-c1nc(NCc2ccccc2)cc(B(O)O)n1. The largest absolute Gasteiger partial charge is 0.508 e. The zero-order chi connectivity index (χ0) is 20.4. The molecule has 0 bridgehead atoms. The first-order valence-electron chi connectivity index (χ1n) is 8.83. The van der Waals surface area contributed by atoms with Crippen molar-refractivity contribution >= 4 is 35.3 Å². The molecule has 10 heteroatoms. The van der Waals surface area contributed by atoms with E-state index in [9.17, 15) is 14.8 Å². The van der Waals surface area contributed by atoms with E-state index < -0.39 is 13.0 Å². The van der Waals surface area contributed by atoms with Gasteiger partial charge >= 0.3 is 7.12 Å². The van der Waals surface area contributed by atoms with Gasteiger partial charge in [0.2, 0.25) is 5.91 Å². The first kappa shape index (κ1) is 18.6. The van der Waals surface area contributed by atoms with Gasteiger partial charge in [0.25, 0.3) is 5.95 Å². The van der Waals surface area contributed by atoms with Crippen molar-refractivity contribution in [2.75, 3.05) is 5.32 Å². The molecule has 29 heavy (non-hydrogen) atoms. The van der Waals surface area contributed by atoms with Gasteiger partial charge in [0.05, 0.1) is 22.9 Å². The number of nitrogens with two attached hydrogens (primary N) is 1. The van der Waals surface area contributed by atoms with Gasteiger partial charge in [-0.3, -0.25) is 4.79 Å². The number of primary amides is 1. The molecule has 0 aliphatic rings. The number of carbonyl (C=O) groups excluding carboxylic acids is 1. The molecule has 0 unspecified atom stereocenters. The number of nitrogens with one attached hydrogen (secondary N) is 1. The van der Waals surface area contributed by atoms with E-state index in [0.717, 1.165) is 5.56 Å². The Morgan fingerprint density at radius 1 is 1.10 bits per heavy atom. The van der Waals surface area contributed by atoms with Crippen molar-refractivity contribution < 1.29 is 14.8 Å². The second-order valence-corrected chi connectivity index (χ2v) is 6.35. The van der Waals surface area contributed by atoms with Crippen LogP contribution in [0.15, 0.2) is 60.8 Å². The van der Waals surface area contributed by atoms with Gasteiger partial charge < -0.3 is 21.1 Å². The standard InChI is InChI=1S/C19H17BN6O3/c21-18(27)13-7-4-8-15-14(13)11-23-26(15)19-24-16(20(28)29)9-17(25-19)22-10-12-5-2-1-3-6-12/h1-9,11,28-29H,10H2,(H2,21,27)(H,22,24,25). The van der Waals surface area contributed by atoms with Crippen molar-refractivity contribution in [1.82, 2.24) is 19.7 Å². The summed E-state index contributed by atoms with van der Waals surface area (Å²) in [7, 11) is -1.78. The molecule has 0 saturated carbocycles. The number of aromatic nitrogens is 4. The third kappa shape index (κ3) is 3.79. The van der Waals surface area contributed by atoms with E-state index in [1.165, 1.54) is 16.9 Å². The molecule has 0 atom stereocenters. The molecule has 2 heterocycles. The molecule has 0 aliphatic heterocycles. The molecule has 0 saturated heterocycles. The van der Waals surface area contributed by atoms with Crippen LogP contribution in [0.25, 0.3) is 16.9 Å². The van der Waals surface area contributed by atoms with Crippen molar-refractivity contribution in [3.8, 4) is 5.95 Å². The average Bonchev–Trinajstić information content (AvgIpc) is 3.17. The van der Waals surface area contributed by atoms with Crippen molar-refractivity contribution in [3.63, 3.8) is 0 Å². The number of benzene rings is 2. The molecule has 1 amide bonds. The van der Waals surface area contributed by atoms with Gasteiger partial charge in [0.1, 0.15) is 5.82 Å². The normalized spacial score (nSPS) is 10.8.